The minimum Gasteiger partial charge on any atom is -0.472 e. The molecule has 6 heteroatoms. The average Bonchev–Trinajstić information content (AvgIpc) is 3.67. The van der Waals surface area contributed by atoms with Crippen molar-refractivity contribution in [3.8, 4) is 0 Å². The number of hydrogen-bond donors (Lipinski definition) is 2. The van der Waals surface area contributed by atoms with E-state index >= 15 is 0 Å². The van der Waals surface area contributed by atoms with E-state index in [0.717, 1.165) is 5.76 Å². The Morgan fingerprint density at radius 2 is 1.53 bits per heavy atom. The van der Waals surface area contributed by atoms with Crippen LogP contribution in [0.4, 0.5) is 0 Å². The maximum Gasteiger partial charge on any atom is 0.100 e. The largest absolute Gasteiger partial charge is 0.472 e. The Labute approximate surface area is 223 Å². The highest BCUT2D eigenvalue weighted by atomic mass is 32.1. The second kappa shape index (κ2) is 19.8. The molecule has 0 spiro atoms. The van der Waals surface area contributed by atoms with Crippen LogP contribution in [0.3, 0.4) is 0 Å². The summed E-state index contributed by atoms with van der Waals surface area (Å²) in [5, 5.41) is 6.28. The molecule has 36 heavy (non-hydrogen) atoms. The molecule has 0 saturated carbocycles. The van der Waals surface area contributed by atoms with Crippen LogP contribution in [0.5, 0.6) is 0 Å². The topological polar surface area (TPSA) is 57.9 Å². The van der Waals surface area contributed by atoms with Crippen LogP contribution >= 0.6 is 22.7 Å². The van der Waals surface area contributed by atoms with Gasteiger partial charge in [0.25, 0.3) is 0 Å². The lowest BCUT2D eigenvalue weighted by Crippen LogP contribution is -1.59. The first-order valence-electron chi connectivity index (χ1n) is 11.5. The molecule has 0 aliphatic carbocycles. The van der Waals surface area contributed by atoms with E-state index in [-0.39, 0.29) is 0 Å². The van der Waals surface area contributed by atoms with Gasteiger partial charge in [0.05, 0.1) is 18.8 Å². The number of aryl methyl sites for hydroxylation is 6. The van der Waals surface area contributed by atoms with Gasteiger partial charge in [-0.25, -0.2) is 0 Å². The smallest absolute Gasteiger partial charge is 0.100 e. The lowest BCUT2D eigenvalue weighted by Gasteiger charge is -1.70. The standard InChI is InChI=1S/2C5H7N.2C5H6O.2C5H6S/c1-5-2-3-6-4-5;1-5-3-2-4-6-5;1-5-2-3-6-4-5;1-5-3-2-4-6-5;1-5-2-3-6-4-5;1-5-3-2-4-6-5/h2*2-4,6H,1H3;4*2-4H,1H3. The summed E-state index contributed by atoms with van der Waals surface area (Å²) in [6, 6.07) is 18.0. The van der Waals surface area contributed by atoms with Crippen LogP contribution in [0.15, 0.2) is 117 Å². The summed E-state index contributed by atoms with van der Waals surface area (Å²) < 4.78 is 9.55. The van der Waals surface area contributed by atoms with Crippen LogP contribution in [0.2, 0.25) is 0 Å². The van der Waals surface area contributed by atoms with E-state index in [4.69, 9.17) is 8.83 Å². The van der Waals surface area contributed by atoms with Gasteiger partial charge < -0.3 is 18.8 Å². The Bertz CT molecular complexity index is 905. The Hall–Kier alpha value is -3.48. The van der Waals surface area contributed by atoms with Crippen molar-refractivity contribution in [1.29, 1.82) is 0 Å². The Balaban J connectivity index is 0.000000216. The maximum atomic E-state index is 4.83. The van der Waals surface area contributed by atoms with Crippen molar-refractivity contribution in [3.63, 3.8) is 0 Å². The molecule has 0 fully saturated rings. The van der Waals surface area contributed by atoms with E-state index < -0.39 is 0 Å². The van der Waals surface area contributed by atoms with Gasteiger partial charge in [-0.05, 0) is 123 Å². The molecule has 0 bridgehead atoms. The van der Waals surface area contributed by atoms with Crippen LogP contribution in [-0.4, -0.2) is 9.97 Å². The van der Waals surface area contributed by atoms with E-state index in [9.17, 15) is 0 Å². The molecule has 0 atom stereocenters. The summed E-state index contributed by atoms with van der Waals surface area (Å²) in [5.74, 6) is 0.968. The van der Waals surface area contributed by atoms with Crippen molar-refractivity contribution in [2.45, 2.75) is 41.5 Å². The zero-order valence-electron chi connectivity index (χ0n) is 22.0. The quantitative estimate of drug-likeness (QED) is 0.208. The highest BCUT2D eigenvalue weighted by Gasteiger charge is 1.77. The second-order valence-electron chi connectivity index (χ2n) is 7.79. The van der Waals surface area contributed by atoms with Crippen molar-refractivity contribution >= 4 is 22.7 Å². The molecule has 0 radical (unpaired) electrons. The SMILES string of the molecule is Cc1cc[nH]c1.Cc1ccc[nH]1.Cc1ccco1.Cc1cccs1.Cc1ccoc1.Cc1ccsc1. The van der Waals surface area contributed by atoms with Gasteiger partial charge in [-0.15, -0.1) is 11.3 Å². The van der Waals surface area contributed by atoms with Gasteiger partial charge in [0.1, 0.15) is 5.76 Å². The summed E-state index contributed by atoms with van der Waals surface area (Å²) in [5.41, 5.74) is 5.04. The summed E-state index contributed by atoms with van der Waals surface area (Å²) in [7, 11) is 0. The maximum absolute atomic E-state index is 4.83. The minimum absolute atomic E-state index is 0.968. The van der Waals surface area contributed by atoms with Crippen LogP contribution < -0.4 is 0 Å². The molecule has 0 unspecified atom stereocenters. The molecule has 0 saturated heterocycles. The summed E-state index contributed by atoms with van der Waals surface area (Å²) in [4.78, 5) is 7.31. The third-order valence-corrected chi connectivity index (χ3v) is 5.76. The second-order valence-corrected chi connectivity index (χ2v) is 9.72. The van der Waals surface area contributed by atoms with Gasteiger partial charge in [0, 0.05) is 29.2 Å². The van der Waals surface area contributed by atoms with E-state index in [1.54, 1.807) is 41.5 Å². The van der Waals surface area contributed by atoms with Crippen LogP contribution in [0.1, 0.15) is 33.0 Å². The third-order valence-electron chi connectivity index (χ3n) is 4.16. The molecular weight excluding hydrogens is 484 g/mol. The number of aromatic amines is 2. The first-order valence-corrected chi connectivity index (χ1v) is 13.4. The first-order chi connectivity index (χ1) is 17.4. The van der Waals surface area contributed by atoms with Crippen molar-refractivity contribution in [2.75, 3.05) is 0 Å². The molecule has 0 aliphatic heterocycles. The minimum atomic E-state index is 0.968. The summed E-state index contributed by atoms with van der Waals surface area (Å²) >= 11 is 3.52. The number of furan rings is 2. The molecule has 0 aromatic carbocycles. The fraction of sp³-hybridized carbons (Fsp3) is 0.200. The average molecular weight is 523 g/mol. The number of nitrogens with one attached hydrogen (secondary N) is 2. The predicted molar refractivity (Wildman–Crippen MR) is 156 cm³/mol. The number of aromatic nitrogens is 2. The summed E-state index contributed by atoms with van der Waals surface area (Å²) in [6.07, 6.45) is 10.8. The lowest BCUT2D eigenvalue weighted by atomic mass is 10.4. The summed E-state index contributed by atoms with van der Waals surface area (Å²) in [6.45, 7) is 12.2. The lowest BCUT2D eigenvalue weighted by molar-refractivity contribution is 0.534. The molecule has 6 rings (SSSR count). The molecule has 2 N–H and O–H groups in total. The fourth-order valence-electron chi connectivity index (χ4n) is 2.21. The van der Waals surface area contributed by atoms with Gasteiger partial charge in [-0.1, -0.05) is 6.07 Å². The van der Waals surface area contributed by atoms with Crippen LogP contribution in [0.25, 0.3) is 0 Å². The normalized spacial score (nSPS) is 8.83. The number of H-pyrrole nitrogens is 2. The van der Waals surface area contributed by atoms with Gasteiger partial charge >= 0.3 is 0 Å². The highest BCUT2D eigenvalue weighted by Crippen LogP contribution is 2.03. The van der Waals surface area contributed by atoms with Crippen LogP contribution in [0, 0.1) is 41.5 Å². The first kappa shape index (κ1) is 30.6. The Kier molecular flexibility index (Phi) is 16.8. The number of thiophene rings is 2. The third kappa shape index (κ3) is 17.9. The molecule has 0 amide bonds. The van der Waals surface area contributed by atoms with E-state index in [0.29, 0.717) is 0 Å². The van der Waals surface area contributed by atoms with E-state index in [2.05, 4.69) is 65.1 Å². The van der Waals surface area contributed by atoms with Gasteiger partial charge in [0.2, 0.25) is 0 Å². The zero-order valence-corrected chi connectivity index (χ0v) is 23.7. The van der Waals surface area contributed by atoms with Gasteiger partial charge in [-0.2, -0.15) is 11.3 Å². The van der Waals surface area contributed by atoms with E-state index in [1.165, 1.54) is 27.3 Å². The van der Waals surface area contributed by atoms with Gasteiger partial charge in [0.15, 0.2) is 0 Å². The predicted octanol–water partition coefficient (Wildman–Crippen LogP) is 9.94. The number of hydrogen-bond acceptors (Lipinski definition) is 4. The molecule has 6 aromatic rings. The highest BCUT2D eigenvalue weighted by molar-refractivity contribution is 7.09. The van der Waals surface area contributed by atoms with Crippen LogP contribution in [-0.2, 0) is 0 Å². The van der Waals surface area contributed by atoms with Crippen molar-refractivity contribution in [3.05, 3.63) is 141 Å². The van der Waals surface area contributed by atoms with Crippen molar-refractivity contribution < 1.29 is 8.83 Å². The monoisotopic (exact) mass is 522 g/mol. The van der Waals surface area contributed by atoms with E-state index in [1.807, 2.05) is 75.8 Å². The fourth-order valence-corrected chi connectivity index (χ4v) is 3.41. The Morgan fingerprint density at radius 1 is 0.694 bits per heavy atom. The zero-order chi connectivity index (χ0) is 26.4. The van der Waals surface area contributed by atoms with Crippen molar-refractivity contribution in [2.24, 2.45) is 0 Å². The molecule has 6 heterocycles. The molecule has 192 valence electrons. The molecule has 4 nitrogen and oxygen atoms in total. The molecule has 6 aromatic heterocycles. The number of rotatable bonds is 0. The van der Waals surface area contributed by atoms with Crippen molar-refractivity contribution in [1.82, 2.24) is 9.97 Å². The Morgan fingerprint density at radius 3 is 1.69 bits per heavy atom. The molecular formula is C30H38N2O2S2. The molecule has 0 aliphatic rings. The van der Waals surface area contributed by atoms with Gasteiger partial charge in [-0.3, -0.25) is 0 Å².